The molecule has 17 nitrogen and oxygen atoms in total. The lowest BCUT2D eigenvalue weighted by Crippen LogP contribution is -2.30. The molecule has 19 heteroatoms. The van der Waals surface area contributed by atoms with Crippen molar-refractivity contribution in [2.24, 2.45) is 11.8 Å². The second-order valence-electron chi connectivity index (χ2n) is 31.3. The maximum Gasteiger partial charge on any atom is 0.472 e. The summed E-state index contributed by atoms with van der Waals surface area (Å²) in [4.78, 5) is 73.0. The Bertz CT molecular complexity index is 2000. The van der Waals surface area contributed by atoms with Crippen molar-refractivity contribution >= 4 is 39.5 Å². The molecule has 0 aromatic rings. The molecule has 0 fully saturated rings. The van der Waals surface area contributed by atoms with Crippen molar-refractivity contribution in [1.82, 2.24) is 0 Å². The van der Waals surface area contributed by atoms with Gasteiger partial charge in [0.05, 0.1) is 26.4 Å². The lowest BCUT2D eigenvalue weighted by atomic mass is 9.99. The van der Waals surface area contributed by atoms with Crippen LogP contribution in [0.3, 0.4) is 0 Å². The van der Waals surface area contributed by atoms with Crippen molar-refractivity contribution in [1.29, 1.82) is 0 Å². The Kier molecular flexibility index (Phi) is 75.0. The molecular formula is C85H166O17P2. The van der Waals surface area contributed by atoms with E-state index in [0.29, 0.717) is 25.7 Å². The number of phosphoric acid groups is 2. The largest absolute Gasteiger partial charge is 0.472 e. The molecule has 0 heterocycles. The second kappa shape index (κ2) is 76.4. The van der Waals surface area contributed by atoms with Crippen LogP contribution < -0.4 is 0 Å². The van der Waals surface area contributed by atoms with E-state index in [1.165, 1.54) is 257 Å². The molecule has 0 aliphatic carbocycles. The number of hydrogen-bond donors (Lipinski definition) is 3. The van der Waals surface area contributed by atoms with Crippen LogP contribution in [0.1, 0.15) is 452 Å². The van der Waals surface area contributed by atoms with Crippen molar-refractivity contribution in [2.75, 3.05) is 39.6 Å². The molecule has 0 aliphatic heterocycles. The van der Waals surface area contributed by atoms with Crippen molar-refractivity contribution < 1.29 is 80.2 Å². The first-order valence-electron chi connectivity index (χ1n) is 44.0. The first kappa shape index (κ1) is 102. The monoisotopic (exact) mass is 1520 g/mol. The average Bonchev–Trinajstić information content (AvgIpc) is 0.920. The summed E-state index contributed by atoms with van der Waals surface area (Å²) in [7, 11) is -9.92. The standard InChI is InChI=1S/C85H166O17P2/c1-7-10-12-14-16-17-18-19-20-21-22-23-24-25-26-27-35-40-45-51-57-63-70-85(90)102-81(74-96-83(88)68-62-56-50-44-39-34-31-29-33-38-43-49-54-60-66-78(6)9-3)76-100-104(93,94)98-72-79(86)71-97-103(91,92)99-75-80(73-95-82(87)67-61-55-47-15-13-11-8-2)101-84(89)69-64-58-52-46-41-36-30-28-32-37-42-48-53-59-65-77(4)5/h77-81,86H,7-76H2,1-6H3,(H,91,92)(H,93,94)/t78?,79-,80+,81+/m0/s1. The fraction of sp³-hybridized carbons (Fsp3) is 0.953. The van der Waals surface area contributed by atoms with Gasteiger partial charge in [-0.2, -0.15) is 0 Å². The van der Waals surface area contributed by atoms with E-state index in [0.717, 1.165) is 115 Å². The quantitative estimate of drug-likeness (QED) is 0.0222. The summed E-state index contributed by atoms with van der Waals surface area (Å²) in [6, 6.07) is 0. The number of carbonyl (C=O) groups is 4. The van der Waals surface area contributed by atoms with Gasteiger partial charge in [0.2, 0.25) is 0 Å². The predicted octanol–water partition coefficient (Wildman–Crippen LogP) is 25.8. The van der Waals surface area contributed by atoms with Crippen LogP contribution in [0.5, 0.6) is 0 Å². The lowest BCUT2D eigenvalue weighted by Gasteiger charge is -2.21. The molecule has 0 saturated carbocycles. The van der Waals surface area contributed by atoms with Crippen LogP contribution in [0.2, 0.25) is 0 Å². The number of hydrogen-bond acceptors (Lipinski definition) is 15. The summed E-state index contributed by atoms with van der Waals surface area (Å²) < 4.78 is 68.7. The number of aliphatic hydroxyl groups excluding tert-OH is 1. The number of ether oxygens (including phenoxy) is 4. The van der Waals surface area contributed by atoms with Gasteiger partial charge >= 0.3 is 39.5 Å². The van der Waals surface area contributed by atoms with Crippen molar-refractivity contribution in [3.8, 4) is 0 Å². The Labute approximate surface area is 638 Å². The molecule has 3 unspecified atom stereocenters. The smallest absolute Gasteiger partial charge is 0.462 e. The Hall–Kier alpha value is -1.94. The van der Waals surface area contributed by atoms with E-state index in [-0.39, 0.29) is 25.7 Å². The topological polar surface area (TPSA) is 237 Å². The number of phosphoric ester groups is 2. The number of carbonyl (C=O) groups excluding carboxylic acids is 4. The van der Waals surface area contributed by atoms with Crippen LogP contribution in [-0.4, -0.2) is 96.7 Å². The third kappa shape index (κ3) is 76.8. The highest BCUT2D eigenvalue weighted by Crippen LogP contribution is 2.45. The Balaban J connectivity index is 5.16. The minimum atomic E-state index is -4.96. The molecule has 618 valence electrons. The first-order chi connectivity index (χ1) is 50.4. The van der Waals surface area contributed by atoms with Crippen LogP contribution in [0.4, 0.5) is 0 Å². The molecule has 0 spiro atoms. The average molecular weight is 1520 g/mol. The molecule has 104 heavy (non-hydrogen) atoms. The van der Waals surface area contributed by atoms with Crippen LogP contribution >= 0.6 is 15.6 Å². The van der Waals surface area contributed by atoms with E-state index < -0.39 is 97.5 Å². The second-order valence-corrected chi connectivity index (χ2v) is 34.2. The zero-order valence-electron chi connectivity index (χ0n) is 68.3. The molecule has 0 aromatic heterocycles. The molecule has 0 bridgehead atoms. The predicted molar refractivity (Wildman–Crippen MR) is 428 cm³/mol. The summed E-state index contributed by atoms with van der Waals surface area (Å²) in [6.07, 6.45) is 68.2. The Morgan fingerprint density at radius 3 is 0.731 bits per heavy atom. The van der Waals surface area contributed by atoms with Gasteiger partial charge in [-0.25, -0.2) is 9.13 Å². The Morgan fingerprint density at radius 1 is 0.279 bits per heavy atom. The van der Waals surface area contributed by atoms with Gasteiger partial charge in [-0.15, -0.1) is 0 Å². The Morgan fingerprint density at radius 2 is 0.490 bits per heavy atom. The summed E-state index contributed by atoms with van der Waals surface area (Å²) in [5, 5.41) is 10.6. The summed E-state index contributed by atoms with van der Waals surface area (Å²) in [5.41, 5.74) is 0. The molecule has 0 aromatic carbocycles. The van der Waals surface area contributed by atoms with E-state index in [1.54, 1.807) is 0 Å². The normalized spacial score (nSPS) is 14.1. The van der Waals surface area contributed by atoms with Gasteiger partial charge in [-0.3, -0.25) is 37.3 Å². The highest BCUT2D eigenvalue weighted by molar-refractivity contribution is 7.47. The van der Waals surface area contributed by atoms with Gasteiger partial charge < -0.3 is 33.8 Å². The van der Waals surface area contributed by atoms with Crippen molar-refractivity contribution in [2.45, 2.75) is 471 Å². The minimum absolute atomic E-state index is 0.107. The van der Waals surface area contributed by atoms with Crippen LogP contribution in [0, 0.1) is 11.8 Å². The van der Waals surface area contributed by atoms with E-state index in [2.05, 4.69) is 41.5 Å². The van der Waals surface area contributed by atoms with Gasteiger partial charge in [0.25, 0.3) is 0 Å². The summed E-state index contributed by atoms with van der Waals surface area (Å²) in [6.45, 7) is 9.69. The SMILES string of the molecule is CCCCCCCCCCCCCCCCCCCCCCCCC(=O)O[C@H](COC(=O)CCCCCCCCCCCCCCCCC(C)CC)COP(=O)(O)OC[C@@H](O)COP(=O)(O)OC[C@@H](COC(=O)CCCCCCCCC)OC(=O)CCCCCCCCCCCCCCCCC(C)C. The molecule has 3 N–H and O–H groups in total. The fourth-order valence-electron chi connectivity index (χ4n) is 13.2. The highest BCUT2D eigenvalue weighted by atomic mass is 31.2. The highest BCUT2D eigenvalue weighted by Gasteiger charge is 2.30. The molecule has 0 aliphatic rings. The maximum absolute atomic E-state index is 13.1. The molecule has 0 saturated heterocycles. The van der Waals surface area contributed by atoms with Gasteiger partial charge in [-0.05, 0) is 37.5 Å². The van der Waals surface area contributed by atoms with E-state index >= 15 is 0 Å². The zero-order chi connectivity index (χ0) is 76.4. The number of esters is 4. The molecular weight excluding hydrogens is 1350 g/mol. The van der Waals surface area contributed by atoms with Crippen molar-refractivity contribution in [3.63, 3.8) is 0 Å². The third-order valence-electron chi connectivity index (χ3n) is 20.3. The van der Waals surface area contributed by atoms with Gasteiger partial charge in [0, 0.05) is 25.7 Å². The van der Waals surface area contributed by atoms with Crippen LogP contribution in [0.25, 0.3) is 0 Å². The van der Waals surface area contributed by atoms with E-state index in [4.69, 9.17) is 37.0 Å². The van der Waals surface area contributed by atoms with Gasteiger partial charge in [0.1, 0.15) is 19.3 Å². The van der Waals surface area contributed by atoms with Crippen LogP contribution in [0.15, 0.2) is 0 Å². The summed E-state index contributed by atoms with van der Waals surface area (Å²) >= 11 is 0. The number of rotatable bonds is 84. The van der Waals surface area contributed by atoms with Crippen LogP contribution in [-0.2, 0) is 65.4 Å². The fourth-order valence-corrected chi connectivity index (χ4v) is 14.8. The third-order valence-corrected chi connectivity index (χ3v) is 22.2. The molecule has 0 rings (SSSR count). The molecule has 6 atom stereocenters. The van der Waals surface area contributed by atoms with Gasteiger partial charge in [-0.1, -0.05) is 401 Å². The number of unbranched alkanes of at least 4 members (excludes halogenated alkanes) is 53. The van der Waals surface area contributed by atoms with Gasteiger partial charge in [0.15, 0.2) is 12.2 Å². The zero-order valence-corrected chi connectivity index (χ0v) is 70.1. The van der Waals surface area contributed by atoms with E-state index in [1.807, 2.05) is 0 Å². The number of aliphatic hydroxyl groups is 1. The van der Waals surface area contributed by atoms with E-state index in [9.17, 15) is 43.2 Å². The minimum Gasteiger partial charge on any atom is -0.462 e. The molecule has 0 radical (unpaired) electrons. The first-order valence-corrected chi connectivity index (χ1v) is 47.0. The summed E-state index contributed by atoms with van der Waals surface area (Å²) in [5.74, 6) is -0.464. The lowest BCUT2D eigenvalue weighted by molar-refractivity contribution is -0.161. The van der Waals surface area contributed by atoms with Crippen molar-refractivity contribution in [3.05, 3.63) is 0 Å². The molecule has 0 amide bonds. The maximum atomic E-state index is 13.1.